The van der Waals surface area contributed by atoms with E-state index in [2.05, 4.69) is 10.5 Å². The zero-order chi connectivity index (χ0) is 22.6. The number of sulfonamides is 1. The number of nitrogens with one attached hydrogen (secondary N) is 2. The first-order chi connectivity index (χ1) is 14.6. The number of halogens is 2. The highest BCUT2D eigenvalue weighted by atomic mass is 32.2. The van der Waals surface area contributed by atoms with Crippen molar-refractivity contribution in [3.8, 4) is 0 Å². The highest BCUT2D eigenvalue weighted by Crippen LogP contribution is 2.35. The molecule has 0 spiro atoms. The summed E-state index contributed by atoms with van der Waals surface area (Å²) in [5.41, 5.74) is -1.20. The Labute approximate surface area is 179 Å². The minimum atomic E-state index is -3.56. The average Bonchev–Trinajstić information content (AvgIpc) is 3.13. The third-order valence-electron chi connectivity index (χ3n) is 5.46. The first kappa shape index (κ1) is 23.6. The molecule has 2 heterocycles. The van der Waals surface area contributed by atoms with Crippen molar-refractivity contribution in [3.63, 3.8) is 0 Å². The van der Waals surface area contributed by atoms with E-state index < -0.39 is 27.2 Å². The summed E-state index contributed by atoms with van der Waals surface area (Å²) in [6.07, 6.45) is 2.38. The van der Waals surface area contributed by atoms with Gasteiger partial charge in [0.1, 0.15) is 11.6 Å². The van der Waals surface area contributed by atoms with Gasteiger partial charge in [0.15, 0.2) is 5.76 Å². The maximum atomic E-state index is 15.2. The van der Waals surface area contributed by atoms with E-state index in [-0.39, 0.29) is 36.3 Å². The van der Waals surface area contributed by atoms with Gasteiger partial charge in [-0.25, -0.2) is 17.2 Å². The fourth-order valence-electron chi connectivity index (χ4n) is 3.80. The van der Waals surface area contributed by atoms with Gasteiger partial charge in [-0.1, -0.05) is 6.92 Å². The van der Waals surface area contributed by atoms with Gasteiger partial charge in [-0.15, -0.1) is 0 Å². The number of ether oxygens (including phenoxy) is 1. The molecule has 1 aromatic heterocycles. The molecule has 1 aromatic carbocycles. The maximum absolute atomic E-state index is 15.2. The number of aromatic amines is 1. The van der Waals surface area contributed by atoms with Crippen LogP contribution in [0.15, 0.2) is 27.5 Å². The molecule has 0 saturated carbocycles. The van der Waals surface area contributed by atoms with Gasteiger partial charge in [0, 0.05) is 43.5 Å². The van der Waals surface area contributed by atoms with Crippen molar-refractivity contribution in [2.24, 2.45) is 0 Å². The summed E-state index contributed by atoms with van der Waals surface area (Å²) in [6, 6.07) is 3.48. The molecular formula is C20H27F2N3O5S. The Hall–Kier alpha value is -2.08. The number of nitrogens with zero attached hydrogens (tertiary/aromatic N) is 1. The lowest BCUT2D eigenvalue weighted by Crippen LogP contribution is -2.47. The van der Waals surface area contributed by atoms with Gasteiger partial charge >= 0.3 is 0 Å². The number of rotatable bonds is 9. The Morgan fingerprint density at radius 2 is 1.90 bits per heavy atom. The van der Waals surface area contributed by atoms with Gasteiger partial charge < -0.3 is 9.26 Å². The summed E-state index contributed by atoms with van der Waals surface area (Å²) in [7, 11) is -3.56. The predicted molar refractivity (Wildman–Crippen MR) is 110 cm³/mol. The lowest BCUT2D eigenvalue weighted by molar-refractivity contribution is 0.0332. The van der Waals surface area contributed by atoms with Gasteiger partial charge in [0.25, 0.3) is 5.56 Å². The second-order valence-corrected chi connectivity index (χ2v) is 9.73. The molecule has 0 bridgehead atoms. The van der Waals surface area contributed by atoms with Crippen LogP contribution in [-0.4, -0.2) is 43.9 Å². The zero-order valence-electron chi connectivity index (χ0n) is 17.5. The largest absolute Gasteiger partial charge is 0.382 e. The molecule has 1 fully saturated rings. The minimum Gasteiger partial charge on any atom is -0.382 e. The van der Waals surface area contributed by atoms with Gasteiger partial charge in [-0.05, 0) is 31.4 Å². The lowest BCUT2D eigenvalue weighted by atomic mass is 9.81. The average molecular weight is 460 g/mol. The van der Waals surface area contributed by atoms with E-state index in [4.69, 9.17) is 9.26 Å². The molecule has 2 N–H and O–H groups in total. The number of H-pyrrole nitrogens is 1. The van der Waals surface area contributed by atoms with Gasteiger partial charge in [-0.2, -0.15) is 9.46 Å². The Morgan fingerprint density at radius 3 is 2.48 bits per heavy atom. The highest BCUT2D eigenvalue weighted by Gasteiger charge is 2.37. The molecule has 2 aromatic rings. The quantitative estimate of drug-likeness (QED) is 0.596. The monoisotopic (exact) mass is 459 g/mol. The molecule has 172 valence electrons. The molecular weight excluding hydrogens is 432 g/mol. The SMILES string of the molecule is CCCN(Cc1cc(F)c(C2(NCc3cc(=O)[nH]o3)CCOCC2)cc1F)S(C)(=O)=O. The fourth-order valence-corrected chi connectivity index (χ4v) is 4.69. The van der Waals surface area contributed by atoms with Crippen LogP contribution in [0.25, 0.3) is 0 Å². The first-order valence-electron chi connectivity index (χ1n) is 10.1. The number of hydrogen-bond donors (Lipinski definition) is 2. The van der Waals surface area contributed by atoms with Crippen molar-refractivity contribution in [2.45, 2.75) is 44.8 Å². The van der Waals surface area contributed by atoms with E-state index in [0.717, 1.165) is 22.7 Å². The third kappa shape index (κ3) is 5.59. The fraction of sp³-hybridized carbons (Fsp3) is 0.550. The molecule has 0 aliphatic carbocycles. The van der Waals surface area contributed by atoms with Gasteiger partial charge in [0.05, 0.1) is 18.3 Å². The summed E-state index contributed by atoms with van der Waals surface area (Å²) in [5.74, 6) is -0.968. The van der Waals surface area contributed by atoms with Crippen molar-refractivity contribution < 1.29 is 26.5 Å². The Balaban J connectivity index is 1.91. The van der Waals surface area contributed by atoms with E-state index in [1.54, 1.807) is 0 Å². The van der Waals surface area contributed by atoms with Crippen LogP contribution in [0, 0.1) is 11.6 Å². The van der Waals surface area contributed by atoms with Crippen LogP contribution in [0.1, 0.15) is 43.1 Å². The van der Waals surface area contributed by atoms with Crippen LogP contribution in [0.3, 0.4) is 0 Å². The standard InChI is InChI=1S/C20H27F2N3O5S/c1-3-6-25(31(2,27)28)13-14-9-18(22)16(11-17(14)21)20(4-7-29-8-5-20)23-12-15-10-19(26)24-30-15/h9-11,23H,3-8,12-13H2,1-2H3,(H,24,26). The van der Waals surface area contributed by atoms with Crippen LogP contribution in [0.4, 0.5) is 8.78 Å². The molecule has 0 radical (unpaired) electrons. The molecule has 1 aliphatic heterocycles. The van der Waals surface area contributed by atoms with Crippen molar-refractivity contribution in [1.29, 1.82) is 0 Å². The summed E-state index contributed by atoms with van der Waals surface area (Å²) < 4.78 is 65.7. The first-order valence-corrected chi connectivity index (χ1v) is 11.9. The van der Waals surface area contributed by atoms with E-state index in [0.29, 0.717) is 38.2 Å². The van der Waals surface area contributed by atoms with Gasteiger partial charge in [0.2, 0.25) is 10.0 Å². The molecule has 0 amide bonds. The number of aromatic nitrogens is 1. The summed E-state index contributed by atoms with van der Waals surface area (Å²) in [5, 5.41) is 5.40. The molecule has 0 atom stereocenters. The predicted octanol–water partition coefficient (Wildman–Crippen LogP) is 2.21. The van der Waals surface area contributed by atoms with Crippen LogP contribution in [0.2, 0.25) is 0 Å². The van der Waals surface area contributed by atoms with Crippen LogP contribution in [0.5, 0.6) is 0 Å². The molecule has 0 unspecified atom stereocenters. The van der Waals surface area contributed by atoms with E-state index in [1.165, 1.54) is 6.07 Å². The normalized spacial score (nSPS) is 16.7. The molecule has 1 saturated heterocycles. The Morgan fingerprint density at radius 1 is 1.19 bits per heavy atom. The van der Waals surface area contributed by atoms with E-state index in [1.807, 2.05) is 6.92 Å². The molecule has 31 heavy (non-hydrogen) atoms. The Kier molecular flexibility index (Phi) is 7.30. The maximum Gasteiger partial charge on any atom is 0.280 e. The molecule has 1 aliphatic rings. The van der Waals surface area contributed by atoms with Crippen molar-refractivity contribution in [3.05, 3.63) is 57.1 Å². The third-order valence-corrected chi connectivity index (χ3v) is 6.71. The minimum absolute atomic E-state index is 0.0287. The van der Waals surface area contributed by atoms with Crippen LogP contribution in [-0.2, 0) is 33.4 Å². The highest BCUT2D eigenvalue weighted by molar-refractivity contribution is 7.88. The lowest BCUT2D eigenvalue weighted by Gasteiger charge is -2.39. The summed E-state index contributed by atoms with van der Waals surface area (Å²) >= 11 is 0. The summed E-state index contributed by atoms with van der Waals surface area (Å²) in [6.45, 7) is 2.63. The topological polar surface area (TPSA) is 105 Å². The van der Waals surface area contributed by atoms with Crippen LogP contribution < -0.4 is 10.9 Å². The molecule has 8 nitrogen and oxygen atoms in total. The molecule has 11 heteroatoms. The van der Waals surface area contributed by atoms with Crippen molar-refractivity contribution in [2.75, 3.05) is 26.0 Å². The smallest absolute Gasteiger partial charge is 0.280 e. The second-order valence-electron chi connectivity index (χ2n) is 7.75. The molecule has 3 rings (SSSR count). The summed E-state index contributed by atoms with van der Waals surface area (Å²) in [4.78, 5) is 11.3. The zero-order valence-corrected chi connectivity index (χ0v) is 18.4. The number of benzene rings is 1. The van der Waals surface area contributed by atoms with E-state index in [9.17, 15) is 17.6 Å². The Bertz CT molecular complexity index is 1060. The number of hydrogen-bond acceptors (Lipinski definition) is 6. The van der Waals surface area contributed by atoms with E-state index >= 15 is 4.39 Å². The van der Waals surface area contributed by atoms with Gasteiger partial charge in [-0.3, -0.25) is 10.1 Å². The van der Waals surface area contributed by atoms with Crippen LogP contribution >= 0.6 is 0 Å². The second kappa shape index (κ2) is 9.60. The van der Waals surface area contributed by atoms with Crippen molar-refractivity contribution in [1.82, 2.24) is 14.8 Å². The van der Waals surface area contributed by atoms with Crippen molar-refractivity contribution >= 4 is 10.0 Å².